The Morgan fingerprint density at radius 3 is 1.57 bits per heavy atom. The van der Waals surface area contributed by atoms with E-state index < -0.39 is 11.8 Å². The molecule has 4 unspecified atom stereocenters. The van der Waals surface area contributed by atoms with Crippen molar-refractivity contribution in [2.45, 2.75) is 47.0 Å². The van der Waals surface area contributed by atoms with E-state index in [-0.39, 0.29) is 22.8 Å². The van der Waals surface area contributed by atoms with Crippen LogP contribution >= 0.6 is 0 Å². The summed E-state index contributed by atoms with van der Waals surface area (Å²) in [7, 11) is 0. The molecular formula is C17H26O4. The van der Waals surface area contributed by atoms with Gasteiger partial charge in [0.2, 0.25) is 0 Å². The Kier molecular flexibility index (Phi) is 4.45. The van der Waals surface area contributed by atoms with Crippen molar-refractivity contribution in [2.75, 3.05) is 13.2 Å². The van der Waals surface area contributed by atoms with Crippen LogP contribution in [0.5, 0.6) is 0 Å². The van der Waals surface area contributed by atoms with Gasteiger partial charge in [0.05, 0.1) is 25.0 Å². The molecule has 2 aliphatic rings. The number of rotatable bonds is 6. The fraction of sp³-hybridized carbons (Fsp3) is 0.765. The standard InChI is InChI=1S/C17H26O4/c1-5-16-9-10-17(6-2,11-16)13(15(19)21-8-4)12(16)14(18)20-7-3/h9-10,12-13H,5-8,11H2,1-4H3. The number of allylic oxidation sites excluding steroid dienone is 2. The summed E-state index contributed by atoms with van der Waals surface area (Å²) >= 11 is 0. The van der Waals surface area contributed by atoms with Gasteiger partial charge in [-0.1, -0.05) is 26.0 Å². The van der Waals surface area contributed by atoms with Crippen LogP contribution in [0.1, 0.15) is 47.0 Å². The second-order valence-electron chi connectivity index (χ2n) is 6.14. The average molecular weight is 294 g/mol. The van der Waals surface area contributed by atoms with Gasteiger partial charge in [-0.2, -0.15) is 0 Å². The van der Waals surface area contributed by atoms with Crippen LogP contribution in [0.4, 0.5) is 0 Å². The van der Waals surface area contributed by atoms with E-state index in [0.717, 1.165) is 19.3 Å². The Morgan fingerprint density at radius 1 is 0.905 bits per heavy atom. The zero-order valence-corrected chi connectivity index (χ0v) is 13.5. The molecule has 21 heavy (non-hydrogen) atoms. The van der Waals surface area contributed by atoms with Crippen molar-refractivity contribution in [3.63, 3.8) is 0 Å². The Morgan fingerprint density at radius 2 is 1.29 bits per heavy atom. The average Bonchev–Trinajstić information content (AvgIpc) is 3.00. The van der Waals surface area contributed by atoms with Crippen LogP contribution in [-0.2, 0) is 19.1 Å². The maximum Gasteiger partial charge on any atom is 0.310 e. The molecule has 0 aromatic heterocycles. The first-order valence-corrected chi connectivity index (χ1v) is 8.04. The third-order valence-electron chi connectivity index (χ3n) is 5.38. The number of hydrogen-bond donors (Lipinski definition) is 0. The number of carbonyl (C=O) groups is 2. The quantitative estimate of drug-likeness (QED) is 0.558. The van der Waals surface area contributed by atoms with E-state index in [1.165, 1.54) is 0 Å². The topological polar surface area (TPSA) is 52.6 Å². The van der Waals surface area contributed by atoms with Crippen molar-refractivity contribution >= 4 is 11.9 Å². The van der Waals surface area contributed by atoms with Crippen LogP contribution in [0.3, 0.4) is 0 Å². The van der Waals surface area contributed by atoms with Gasteiger partial charge in [-0.05, 0) is 33.1 Å². The van der Waals surface area contributed by atoms with Crippen LogP contribution in [-0.4, -0.2) is 25.2 Å². The number of fused-ring (bicyclic) bond motifs is 2. The van der Waals surface area contributed by atoms with E-state index in [0.29, 0.717) is 13.2 Å². The van der Waals surface area contributed by atoms with Gasteiger partial charge in [-0.3, -0.25) is 9.59 Å². The molecular weight excluding hydrogens is 268 g/mol. The van der Waals surface area contributed by atoms with Gasteiger partial charge >= 0.3 is 11.9 Å². The van der Waals surface area contributed by atoms with Crippen LogP contribution in [0.25, 0.3) is 0 Å². The van der Waals surface area contributed by atoms with Crippen molar-refractivity contribution in [1.82, 2.24) is 0 Å². The molecule has 0 saturated heterocycles. The summed E-state index contributed by atoms with van der Waals surface area (Å²) < 4.78 is 10.5. The van der Waals surface area contributed by atoms with E-state index >= 15 is 0 Å². The molecule has 4 atom stereocenters. The van der Waals surface area contributed by atoms with E-state index in [4.69, 9.17) is 9.47 Å². The van der Waals surface area contributed by atoms with Crippen molar-refractivity contribution < 1.29 is 19.1 Å². The molecule has 4 nitrogen and oxygen atoms in total. The van der Waals surface area contributed by atoms with Crippen LogP contribution in [0.2, 0.25) is 0 Å². The van der Waals surface area contributed by atoms with Gasteiger partial charge in [0, 0.05) is 10.8 Å². The first kappa shape index (κ1) is 16.1. The molecule has 2 rings (SSSR count). The molecule has 0 aliphatic heterocycles. The molecule has 0 N–H and O–H groups in total. The third-order valence-corrected chi connectivity index (χ3v) is 5.38. The highest BCUT2D eigenvalue weighted by Crippen LogP contribution is 2.66. The van der Waals surface area contributed by atoms with Crippen molar-refractivity contribution in [3.8, 4) is 0 Å². The Balaban J connectivity index is 2.44. The summed E-state index contributed by atoms with van der Waals surface area (Å²) in [5, 5.41) is 0. The van der Waals surface area contributed by atoms with Gasteiger partial charge in [-0.25, -0.2) is 0 Å². The van der Waals surface area contributed by atoms with Gasteiger partial charge in [0.1, 0.15) is 0 Å². The lowest BCUT2D eigenvalue weighted by Gasteiger charge is -2.35. The first-order chi connectivity index (χ1) is 10.00. The molecule has 4 heteroatoms. The number of hydrogen-bond acceptors (Lipinski definition) is 4. The fourth-order valence-electron chi connectivity index (χ4n) is 4.28. The molecule has 0 heterocycles. The summed E-state index contributed by atoms with van der Waals surface area (Å²) in [5.41, 5.74) is -0.501. The molecule has 2 aliphatic carbocycles. The molecule has 118 valence electrons. The second kappa shape index (κ2) is 5.82. The smallest absolute Gasteiger partial charge is 0.310 e. The molecule has 0 aromatic rings. The van der Waals surface area contributed by atoms with Crippen LogP contribution in [0.15, 0.2) is 12.2 Å². The summed E-state index contributed by atoms with van der Waals surface area (Å²) in [6.07, 6.45) is 6.82. The lowest BCUT2D eigenvalue weighted by Crippen LogP contribution is -2.42. The monoisotopic (exact) mass is 294 g/mol. The SMILES string of the molecule is CCOC(=O)C1C(C(=O)OCC)C2(CC)C=CC1(CC)C2. The largest absolute Gasteiger partial charge is 0.466 e. The maximum atomic E-state index is 12.5. The van der Waals surface area contributed by atoms with Gasteiger partial charge in [0.25, 0.3) is 0 Å². The number of ether oxygens (including phenoxy) is 2. The summed E-state index contributed by atoms with van der Waals surface area (Å²) in [4.78, 5) is 25.0. The third kappa shape index (κ3) is 2.29. The van der Waals surface area contributed by atoms with E-state index in [9.17, 15) is 9.59 Å². The molecule has 1 fully saturated rings. The predicted octanol–water partition coefficient (Wildman–Crippen LogP) is 3.11. The molecule has 0 aromatic carbocycles. The summed E-state index contributed by atoms with van der Waals surface area (Å²) in [6, 6.07) is 0. The zero-order chi connectivity index (χ0) is 15.7. The van der Waals surface area contributed by atoms with E-state index in [1.807, 2.05) is 0 Å². The number of carbonyl (C=O) groups excluding carboxylic acids is 2. The van der Waals surface area contributed by atoms with E-state index in [2.05, 4.69) is 26.0 Å². The highest BCUT2D eigenvalue weighted by Gasteiger charge is 2.66. The fourth-order valence-corrected chi connectivity index (χ4v) is 4.28. The minimum absolute atomic E-state index is 0.250. The summed E-state index contributed by atoms with van der Waals surface area (Å²) in [6.45, 7) is 8.44. The predicted molar refractivity (Wildman–Crippen MR) is 79.5 cm³/mol. The van der Waals surface area contributed by atoms with Crippen molar-refractivity contribution in [2.24, 2.45) is 22.7 Å². The molecule has 0 amide bonds. The Bertz CT molecular complexity index is 416. The molecule has 0 radical (unpaired) electrons. The second-order valence-corrected chi connectivity index (χ2v) is 6.14. The normalized spacial score (nSPS) is 36.8. The summed E-state index contributed by atoms with van der Waals surface area (Å²) in [5.74, 6) is -1.33. The zero-order valence-electron chi connectivity index (χ0n) is 13.5. The molecule has 0 spiro atoms. The van der Waals surface area contributed by atoms with Crippen molar-refractivity contribution in [3.05, 3.63) is 12.2 Å². The Labute approximate surface area is 126 Å². The Hall–Kier alpha value is -1.32. The molecule has 2 bridgehead atoms. The lowest BCUT2D eigenvalue weighted by atomic mass is 9.69. The lowest BCUT2D eigenvalue weighted by molar-refractivity contribution is -0.164. The van der Waals surface area contributed by atoms with Gasteiger partial charge < -0.3 is 9.47 Å². The van der Waals surface area contributed by atoms with Crippen LogP contribution in [0, 0.1) is 22.7 Å². The van der Waals surface area contributed by atoms with Crippen LogP contribution < -0.4 is 0 Å². The minimum Gasteiger partial charge on any atom is -0.466 e. The van der Waals surface area contributed by atoms with Gasteiger partial charge in [-0.15, -0.1) is 0 Å². The molecule has 1 saturated carbocycles. The number of esters is 2. The van der Waals surface area contributed by atoms with E-state index in [1.54, 1.807) is 13.8 Å². The maximum absolute atomic E-state index is 12.5. The van der Waals surface area contributed by atoms with Crippen molar-refractivity contribution in [1.29, 1.82) is 0 Å². The minimum atomic E-state index is -0.411. The highest BCUT2D eigenvalue weighted by molar-refractivity contribution is 5.86. The van der Waals surface area contributed by atoms with Gasteiger partial charge in [0.15, 0.2) is 0 Å². The first-order valence-electron chi connectivity index (χ1n) is 8.04. The highest BCUT2D eigenvalue weighted by atomic mass is 16.5.